The molecule has 2 N–H and O–H groups in total. The zero-order valence-corrected chi connectivity index (χ0v) is 15.4. The molecule has 1 atom stereocenters. The van der Waals surface area contributed by atoms with Crippen molar-refractivity contribution in [2.24, 2.45) is 0 Å². The van der Waals surface area contributed by atoms with E-state index in [9.17, 15) is 9.59 Å². The summed E-state index contributed by atoms with van der Waals surface area (Å²) in [5.74, 6) is -0.522. The lowest BCUT2D eigenvalue weighted by Gasteiger charge is -2.15. The lowest BCUT2D eigenvalue weighted by atomic mass is 10.0. The number of hydrogen-bond donors (Lipinski definition) is 2. The van der Waals surface area contributed by atoms with E-state index in [-0.39, 0.29) is 18.6 Å². The van der Waals surface area contributed by atoms with Gasteiger partial charge in [0.15, 0.2) is 6.61 Å². The molecular formula is C21H25NO4. The molecule has 2 rings (SSSR count). The Labute approximate surface area is 154 Å². The second-order valence-electron chi connectivity index (χ2n) is 6.47. The molecule has 5 heteroatoms. The molecule has 0 fully saturated rings. The van der Waals surface area contributed by atoms with E-state index in [0.717, 1.165) is 5.56 Å². The number of hydrogen-bond acceptors (Lipinski definition) is 3. The molecule has 5 nitrogen and oxygen atoms in total. The summed E-state index contributed by atoms with van der Waals surface area (Å²) in [4.78, 5) is 22.7. The van der Waals surface area contributed by atoms with Gasteiger partial charge in [-0.15, -0.1) is 0 Å². The van der Waals surface area contributed by atoms with Crippen molar-refractivity contribution in [2.75, 3.05) is 6.61 Å². The van der Waals surface area contributed by atoms with Gasteiger partial charge in [0.1, 0.15) is 5.75 Å². The van der Waals surface area contributed by atoms with Crippen molar-refractivity contribution >= 4 is 11.9 Å². The minimum atomic E-state index is -1.02. The van der Waals surface area contributed by atoms with Gasteiger partial charge in [0, 0.05) is 6.42 Å². The first-order chi connectivity index (χ1) is 12.3. The molecule has 0 saturated heterocycles. The summed E-state index contributed by atoms with van der Waals surface area (Å²) in [7, 11) is 0. The number of aliphatic carboxylic acids is 1. The maximum atomic E-state index is 12.2. The molecule has 1 amide bonds. The van der Waals surface area contributed by atoms with Crippen LogP contribution in [-0.2, 0) is 16.0 Å². The van der Waals surface area contributed by atoms with Crippen LogP contribution in [0.5, 0.6) is 5.75 Å². The van der Waals surface area contributed by atoms with Crippen LogP contribution in [0.2, 0.25) is 0 Å². The van der Waals surface area contributed by atoms with Gasteiger partial charge >= 0.3 is 5.97 Å². The molecular weight excluding hydrogens is 330 g/mol. The van der Waals surface area contributed by atoms with E-state index in [1.165, 1.54) is 16.7 Å². The standard InChI is InChI=1S/C21H25NO4/c1-14-4-5-17(15(2)12-14)8-11-20(23)22-16(3)18-6-9-19(10-7-18)26-13-21(24)25/h4-7,9-10,12,16H,8,11,13H2,1-3H3,(H,22,23)(H,24,25). The number of amides is 1. The number of rotatable bonds is 8. The molecule has 138 valence electrons. The van der Waals surface area contributed by atoms with Crippen LogP contribution < -0.4 is 10.1 Å². The highest BCUT2D eigenvalue weighted by molar-refractivity contribution is 5.76. The number of carboxylic acids is 1. The molecule has 0 spiro atoms. The Kier molecular flexibility index (Phi) is 6.78. The maximum absolute atomic E-state index is 12.2. The monoisotopic (exact) mass is 355 g/mol. The van der Waals surface area contributed by atoms with Crippen LogP contribution in [0.15, 0.2) is 42.5 Å². The molecule has 26 heavy (non-hydrogen) atoms. The SMILES string of the molecule is Cc1ccc(CCC(=O)NC(C)c2ccc(OCC(=O)O)cc2)c(C)c1. The Morgan fingerprint density at radius 1 is 1.12 bits per heavy atom. The summed E-state index contributed by atoms with van der Waals surface area (Å²) in [6, 6.07) is 13.2. The van der Waals surface area contributed by atoms with Crippen LogP contribution in [0.4, 0.5) is 0 Å². The lowest BCUT2D eigenvalue weighted by molar-refractivity contribution is -0.139. The zero-order valence-electron chi connectivity index (χ0n) is 15.4. The van der Waals surface area contributed by atoms with Crippen LogP contribution in [-0.4, -0.2) is 23.6 Å². The molecule has 1 unspecified atom stereocenters. The second kappa shape index (κ2) is 9.04. The summed E-state index contributed by atoms with van der Waals surface area (Å²) in [5, 5.41) is 11.6. The normalized spacial score (nSPS) is 11.7. The Morgan fingerprint density at radius 2 is 1.81 bits per heavy atom. The molecule has 0 aliphatic rings. The highest BCUT2D eigenvalue weighted by atomic mass is 16.5. The Bertz CT molecular complexity index is 768. The average Bonchev–Trinajstić information content (AvgIpc) is 2.59. The van der Waals surface area contributed by atoms with E-state index in [0.29, 0.717) is 18.6 Å². The summed E-state index contributed by atoms with van der Waals surface area (Å²) in [5.41, 5.74) is 4.56. The Hall–Kier alpha value is -2.82. The van der Waals surface area contributed by atoms with Crippen LogP contribution in [0.25, 0.3) is 0 Å². The largest absolute Gasteiger partial charge is 0.482 e. The molecule has 0 aliphatic carbocycles. The second-order valence-corrected chi connectivity index (χ2v) is 6.47. The first-order valence-electron chi connectivity index (χ1n) is 8.65. The van der Waals surface area contributed by atoms with Crippen molar-refractivity contribution in [3.63, 3.8) is 0 Å². The Morgan fingerprint density at radius 3 is 2.42 bits per heavy atom. The fraction of sp³-hybridized carbons (Fsp3) is 0.333. The predicted molar refractivity (Wildman–Crippen MR) is 100 cm³/mol. The number of nitrogens with one attached hydrogen (secondary N) is 1. The van der Waals surface area contributed by atoms with Gasteiger partial charge in [0.25, 0.3) is 0 Å². The summed E-state index contributed by atoms with van der Waals surface area (Å²) < 4.78 is 5.10. The highest BCUT2D eigenvalue weighted by Gasteiger charge is 2.11. The smallest absolute Gasteiger partial charge is 0.341 e. The van der Waals surface area contributed by atoms with Crippen LogP contribution >= 0.6 is 0 Å². The van der Waals surface area contributed by atoms with Crippen molar-refractivity contribution in [1.82, 2.24) is 5.32 Å². The molecule has 0 aliphatic heterocycles. The van der Waals surface area contributed by atoms with E-state index < -0.39 is 5.97 Å². The number of carbonyl (C=O) groups excluding carboxylic acids is 1. The number of aryl methyl sites for hydroxylation is 3. The van der Waals surface area contributed by atoms with E-state index in [2.05, 4.69) is 37.4 Å². The molecule has 2 aromatic carbocycles. The minimum absolute atomic E-state index is 0.00341. The highest BCUT2D eigenvalue weighted by Crippen LogP contribution is 2.18. The van der Waals surface area contributed by atoms with Gasteiger partial charge in [-0.3, -0.25) is 4.79 Å². The fourth-order valence-electron chi connectivity index (χ4n) is 2.77. The van der Waals surface area contributed by atoms with Crippen molar-refractivity contribution in [2.45, 2.75) is 39.7 Å². The third kappa shape index (κ3) is 5.92. The zero-order chi connectivity index (χ0) is 19.1. The van der Waals surface area contributed by atoms with Gasteiger partial charge in [-0.1, -0.05) is 35.9 Å². The quantitative estimate of drug-likeness (QED) is 0.759. The van der Waals surface area contributed by atoms with Gasteiger partial charge in [-0.2, -0.15) is 0 Å². The molecule has 0 saturated carbocycles. The predicted octanol–water partition coefficient (Wildman–Crippen LogP) is 3.58. The average molecular weight is 355 g/mol. The number of carbonyl (C=O) groups is 2. The first kappa shape index (κ1) is 19.5. The third-order valence-electron chi connectivity index (χ3n) is 4.24. The van der Waals surface area contributed by atoms with Crippen molar-refractivity contribution in [3.05, 3.63) is 64.7 Å². The molecule has 0 radical (unpaired) electrons. The van der Waals surface area contributed by atoms with E-state index in [1.54, 1.807) is 12.1 Å². The van der Waals surface area contributed by atoms with Gasteiger partial charge in [0.2, 0.25) is 5.91 Å². The van der Waals surface area contributed by atoms with E-state index in [1.807, 2.05) is 19.1 Å². The van der Waals surface area contributed by atoms with Crippen LogP contribution in [0, 0.1) is 13.8 Å². The van der Waals surface area contributed by atoms with Crippen molar-refractivity contribution in [3.8, 4) is 5.75 Å². The van der Waals surface area contributed by atoms with Crippen LogP contribution in [0.1, 0.15) is 41.6 Å². The van der Waals surface area contributed by atoms with Gasteiger partial charge in [-0.05, 0) is 56.0 Å². The number of ether oxygens (including phenoxy) is 1. The minimum Gasteiger partial charge on any atom is -0.482 e. The Balaban J connectivity index is 1.85. The number of carboxylic acid groups (broad SMARTS) is 1. The molecule has 2 aromatic rings. The fourth-order valence-corrected chi connectivity index (χ4v) is 2.77. The lowest BCUT2D eigenvalue weighted by Crippen LogP contribution is -2.26. The van der Waals surface area contributed by atoms with Gasteiger partial charge < -0.3 is 15.2 Å². The van der Waals surface area contributed by atoms with E-state index in [4.69, 9.17) is 9.84 Å². The van der Waals surface area contributed by atoms with Gasteiger partial charge in [0.05, 0.1) is 6.04 Å². The van der Waals surface area contributed by atoms with Crippen LogP contribution in [0.3, 0.4) is 0 Å². The summed E-state index contributed by atoms with van der Waals surface area (Å²) in [6.07, 6.45) is 1.15. The molecule has 0 bridgehead atoms. The summed E-state index contributed by atoms with van der Waals surface area (Å²) >= 11 is 0. The van der Waals surface area contributed by atoms with E-state index >= 15 is 0 Å². The maximum Gasteiger partial charge on any atom is 0.341 e. The molecule has 0 aromatic heterocycles. The first-order valence-corrected chi connectivity index (χ1v) is 8.65. The third-order valence-corrected chi connectivity index (χ3v) is 4.24. The number of benzene rings is 2. The van der Waals surface area contributed by atoms with Crippen molar-refractivity contribution in [1.29, 1.82) is 0 Å². The topological polar surface area (TPSA) is 75.6 Å². The van der Waals surface area contributed by atoms with Gasteiger partial charge in [-0.25, -0.2) is 4.79 Å². The van der Waals surface area contributed by atoms with Crippen molar-refractivity contribution < 1.29 is 19.4 Å². The summed E-state index contributed by atoms with van der Waals surface area (Å²) in [6.45, 7) is 5.67. The molecule has 0 heterocycles.